The van der Waals surface area contributed by atoms with E-state index in [9.17, 15) is 5.11 Å². The molecule has 2 aromatic rings. The zero-order valence-corrected chi connectivity index (χ0v) is 11.2. The number of para-hydroxylation sites is 1. The molecule has 3 nitrogen and oxygen atoms in total. The Morgan fingerprint density at radius 1 is 1.37 bits per heavy atom. The van der Waals surface area contributed by atoms with Crippen molar-refractivity contribution in [2.75, 3.05) is 7.11 Å². The zero-order chi connectivity index (χ0) is 13.3. The molecular formula is C16H19NO2. The van der Waals surface area contributed by atoms with Gasteiger partial charge in [-0.15, -0.1) is 0 Å². The molecule has 0 saturated heterocycles. The van der Waals surface area contributed by atoms with E-state index in [1.165, 1.54) is 0 Å². The predicted molar refractivity (Wildman–Crippen MR) is 74.9 cm³/mol. The molecule has 19 heavy (non-hydrogen) atoms. The first-order valence-electron chi connectivity index (χ1n) is 6.82. The number of benzene rings is 1. The summed E-state index contributed by atoms with van der Waals surface area (Å²) >= 11 is 0. The van der Waals surface area contributed by atoms with Crippen molar-refractivity contribution in [1.29, 1.82) is 0 Å². The lowest BCUT2D eigenvalue weighted by Crippen LogP contribution is -2.36. The summed E-state index contributed by atoms with van der Waals surface area (Å²) in [7, 11) is 1.72. The van der Waals surface area contributed by atoms with Crippen molar-refractivity contribution in [3.63, 3.8) is 0 Å². The number of hydrogen-bond acceptors (Lipinski definition) is 3. The molecule has 100 valence electrons. The molecule has 0 amide bonds. The van der Waals surface area contributed by atoms with Gasteiger partial charge in [-0.3, -0.25) is 4.98 Å². The number of fused-ring (bicyclic) bond motifs is 1. The largest absolute Gasteiger partial charge is 0.385 e. The summed E-state index contributed by atoms with van der Waals surface area (Å²) in [6, 6.07) is 10.1. The van der Waals surface area contributed by atoms with Crippen LogP contribution in [0.15, 0.2) is 36.5 Å². The average Bonchev–Trinajstić information content (AvgIpc) is 2.46. The summed E-state index contributed by atoms with van der Waals surface area (Å²) in [4.78, 5) is 4.45. The van der Waals surface area contributed by atoms with Gasteiger partial charge in [-0.05, 0) is 31.4 Å². The van der Waals surface area contributed by atoms with Crippen LogP contribution in [0.1, 0.15) is 31.2 Å². The molecule has 1 heterocycles. The Balaban J connectivity index is 1.98. The summed E-state index contributed by atoms with van der Waals surface area (Å²) in [6.07, 6.45) is 5.41. The Kier molecular flexibility index (Phi) is 3.25. The molecule has 1 aliphatic rings. The highest BCUT2D eigenvalue weighted by Crippen LogP contribution is 2.38. The Morgan fingerprint density at radius 3 is 3.05 bits per heavy atom. The molecule has 0 bridgehead atoms. The lowest BCUT2D eigenvalue weighted by Gasteiger charge is -2.36. The fourth-order valence-corrected chi connectivity index (χ4v) is 2.99. The lowest BCUT2D eigenvalue weighted by atomic mass is 9.78. The van der Waals surface area contributed by atoms with Crippen LogP contribution in [-0.4, -0.2) is 23.3 Å². The fraction of sp³-hybridized carbons (Fsp3) is 0.438. The maximum atomic E-state index is 10.9. The van der Waals surface area contributed by atoms with Gasteiger partial charge in [0.2, 0.25) is 0 Å². The Morgan fingerprint density at radius 2 is 2.21 bits per heavy atom. The van der Waals surface area contributed by atoms with Crippen molar-refractivity contribution in [3.8, 4) is 0 Å². The maximum absolute atomic E-state index is 10.9. The van der Waals surface area contributed by atoms with E-state index >= 15 is 0 Å². The van der Waals surface area contributed by atoms with E-state index in [0.29, 0.717) is 6.42 Å². The lowest BCUT2D eigenvalue weighted by molar-refractivity contribution is -0.0632. The van der Waals surface area contributed by atoms with E-state index in [0.717, 1.165) is 35.7 Å². The predicted octanol–water partition coefficient (Wildman–Crippen LogP) is 3.01. The minimum atomic E-state index is -0.796. The van der Waals surface area contributed by atoms with Gasteiger partial charge in [0, 0.05) is 30.7 Å². The van der Waals surface area contributed by atoms with Crippen LogP contribution in [0, 0.1) is 0 Å². The molecule has 1 fully saturated rings. The van der Waals surface area contributed by atoms with Crippen LogP contribution in [0.3, 0.4) is 0 Å². The van der Waals surface area contributed by atoms with Crippen LogP contribution in [0.5, 0.6) is 0 Å². The highest BCUT2D eigenvalue weighted by Gasteiger charge is 2.36. The number of rotatable bonds is 2. The Bertz CT molecular complexity index is 584. The number of hydrogen-bond donors (Lipinski definition) is 1. The summed E-state index contributed by atoms with van der Waals surface area (Å²) < 4.78 is 5.42. The molecule has 2 atom stereocenters. The molecule has 1 aromatic carbocycles. The summed E-state index contributed by atoms with van der Waals surface area (Å²) in [6.45, 7) is 0. The maximum Gasteiger partial charge on any atom is 0.0936 e. The van der Waals surface area contributed by atoms with Crippen LogP contribution in [0.25, 0.3) is 10.9 Å². The molecule has 1 aliphatic carbocycles. The number of nitrogens with zero attached hydrogens (tertiary/aromatic N) is 1. The SMILES string of the molecule is COC1CCCC(O)(c2cnc3ccccc3c2)C1. The van der Waals surface area contributed by atoms with Crippen molar-refractivity contribution in [1.82, 2.24) is 4.98 Å². The second-order valence-corrected chi connectivity index (χ2v) is 5.40. The van der Waals surface area contributed by atoms with E-state index in [-0.39, 0.29) is 6.10 Å². The Labute approximate surface area is 113 Å². The molecule has 1 aromatic heterocycles. The second-order valence-electron chi connectivity index (χ2n) is 5.40. The van der Waals surface area contributed by atoms with Gasteiger partial charge in [-0.1, -0.05) is 18.2 Å². The van der Waals surface area contributed by atoms with E-state index in [2.05, 4.69) is 11.1 Å². The molecule has 1 saturated carbocycles. The van der Waals surface area contributed by atoms with Crippen molar-refractivity contribution in [2.45, 2.75) is 37.4 Å². The van der Waals surface area contributed by atoms with E-state index in [1.807, 2.05) is 24.3 Å². The minimum absolute atomic E-state index is 0.144. The zero-order valence-electron chi connectivity index (χ0n) is 11.2. The standard InChI is InChI=1S/C16H19NO2/c1-19-14-6-4-8-16(18,10-14)13-9-12-5-2-3-7-15(12)17-11-13/h2-3,5,7,9,11,14,18H,4,6,8,10H2,1H3. The van der Waals surface area contributed by atoms with Crippen LogP contribution in [0.2, 0.25) is 0 Å². The quantitative estimate of drug-likeness (QED) is 0.899. The topological polar surface area (TPSA) is 42.4 Å². The van der Waals surface area contributed by atoms with Crippen LogP contribution in [0.4, 0.5) is 0 Å². The van der Waals surface area contributed by atoms with E-state index in [4.69, 9.17) is 4.74 Å². The fourth-order valence-electron chi connectivity index (χ4n) is 2.99. The molecular weight excluding hydrogens is 238 g/mol. The highest BCUT2D eigenvalue weighted by molar-refractivity contribution is 5.78. The first kappa shape index (κ1) is 12.6. The van der Waals surface area contributed by atoms with Gasteiger partial charge in [0.1, 0.15) is 0 Å². The molecule has 0 spiro atoms. The van der Waals surface area contributed by atoms with Gasteiger partial charge in [-0.25, -0.2) is 0 Å². The number of ether oxygens (including phenoxy) is 1. The third-order valence-electron chi connectivity index (χ3n) is 4.14. The van der Waals surface area contributed by atoms with Crippen LogP contribution in [-0.2, 0) is 10.3 Å². The monoisotopic (exact) mass is 257 g/mol. The van der Waals surface area contributed by atoms with E-state index in [1.54, 1.807) is 13.3 Å². The summed E-state index contributed by atoms with van der Waals surface area (Å²) in [5.41, 5.74) is 1.08. The van der Waals surface area contributed by atoms with Gasteiger partial charge in [-0.2, -0.15) is 0 Å². The van der Waals surface area contributed by atoms with Crippen molar-refractivity contribution >= 4 is 10.9 Å². The number of pyridine rings is 1. The highest BCUT2D eigenvalue weighted by atomic mass is 16.5. The van der Waals surface area contributed by atoms with Crippen molar-refractivity contribution in [3.05, 3.63) is 42.1 Å². The van der Waals surface area contributed by atoms with Crippen LogP contribution < -0.4 is 0 Å². The number of aromatic nitrogens is 1. The third-order valence-corrected chi connectivity index (χ3v) is 4.14. The minimum Gasteiger partial charge on any atom is -0.385 e. The van der Waals surface area contributed by atoms with Gasteiger partial charge < -0.3 is 9.84 Å². The normalized spacial score (nSPS) is 27.6. The Hall–Kier alpha value is -1.45. The van der Waals surface area contributed by atoms with E-state index < -0.39 is 5.60 Å². The molecule has 2 unspecified atom stereocenters. The first-order chi connectivity index (χ1) is 9.21. The third kappa shape index (κ3) is 2.36. The molecule has 3 heteroatoms. The molecule has 0 aliphatic heterocycles. The summed E-state index contributed by atoms with van der Waals surface area (Å²) in [5.74, 6) is 0. The van der Waals surface area contributed by atoms with Crippen LogP contribution >= 0.6 is 0 Å². The average molecular weight is 257 g/mol. The van der Waals surface area contributed by atoms with Crippen molar-refractivity contribution < 1.29 is 9.84 Å². The smallest absolute Gasteiger partial charge is 0.0936 e. The number of aliphatic hydroxyl groups is 1. The van der Waals surface area contributed by atoms with Gasteiger partial charge in [0.05, 0.1) is 17.2 Å². The van der Waals surface area contributed by atoms with Gasteiger partial charge >= 0.3 is 0 Å². The number of methoxy groups -OCH3 is 1. The molecule has 1 N–H and O–H groups in total. The van der Waals surface area contributed by atoms with Crippen molar-refractivity contribution in [2.24, 2.45) is 0 Å². The first-order valence-corrected chi connectivity index (χ1v) is 6.82. The van der Waals surface area contributed by atoms with Gasteiger partial charge in [0.25, 0.3) is 0 Å². The summed E-state index contributed by atoms with van der Waals surface area (Å²) in [5, 5.41) is 12.0. The second kappa shape index (κ2) is 4.91. The molecule has 0 radical (unpaired) electrons. The van der Waals surface area contributed by atoms with Gasteiger partial charge in [0.15, 0.2) is 0 Å². The molecule has 3 rings (SSSR count).